The zero-order valence-corrected chi connectivity index (χ0v) is 22.8. The number of nitrogens with zero attached hydrogens (tertiary/aromatic N) is 1. The number of rotatable bonds is 5. The first kappa shape index (κ1) is 25.1. The lowest BCUT2D eigenvalue weighted by Gasteiger charge is -2.43. The molecule has 2 spiro atoms. The van der Waals surface area contributed by atoms with E-state index in [-0.39, 0.29) is 23.6 Å². The molecule has 3 aromatic rings. The van der Waals surface area contributed by atoms with Gasteiger partial charge in [-0.2, -0.15) is 0 Å². The van der Waals surface area contributed by atoms with Gasteiger partial charge in [-0.3, -0.25) is 19.3 Å². The molecular formula is C32H28ClN3O4. The first-order chi connectivity index (χ1) is 19.3. The number of nitrogens with one attached hydrogen (secondary N) is 2. The first-order valence-electron chi connectivity index (χ1n) is 13.5. The quantitative estimate of drug-likeness (QED) is 0.334. The van der Waals surface area contributed by atoms with E-state index in [0.717, 1.165) is 12.0 Å². The Morgan fingerprint density at radius 3 is 2.75 bits per heavy atom. The second kappa shape index (κ2) is 8.78. The Morgan fingerprint density at radius 1 is 1.10 bits per heavy atom. The molecule has 2 amide bonds. The van der Waals surface area contributed by atoms with Gasteiger partial charge in [0.25, 0.3) is 5.91 Å². The van der Waals surface area contributed by atoms with Gasteiger partial charge < -0.3 is 15.4 Å². The number of amides is 2. The average molecular weight is 554 g/mol. The highest BCUT2D eigenvalue weighted by Gasteiger charge is 2.81. The number of carbonyl (C=O) groups is 3. The number of Topliss-reactive ketones (excluding diaryl/α,β-unsaturated/α-hetero) is 1. The molecule has 202 valence electrons. The van der Waals surface area contributed by atoms with Crippen molar-refractivity contribution in [3.63, 3.8) is 0 Å². The van der Waals surface area contributed by atoms with Crippen molar-refractivity contribution >= 4 is 40.6 Å². The molecule has 0 aromatic heterocycles. The second-order valence-electron chi connectivity index (χ2n) is 11.0. The molecule has 40 heavy (non-hydrogen) atoms. The van der Waals surface area contributed by atoms with Crippen LogP contribution in [0, 0.1) is 12.8 Å². The van der Waals surface area contributed by atoms with Crippen LogP contribution < -0.4 is 15.4 Å². The van der Waals surface area contributed by atoms with Crippen LogP contribution in [0.5, 0.6) is 5.75 Å². The normalized spacial score (nSPS) is 27.9. The summed E-state index contributed by atoms with van der Waals surface area (Å²) in [7, 11) is 0. The predicted molar refractivity (Wildman–Crippen MR) is 153 cm³/mol. The van der Waals surface area contributed by atoms with Crippen molar-refractivity contribution in [2.75, 3.05) is 23.8 Å². The van der Waals surface area contributed by atoms with Crippen LogP contribution in [0.15, 0.2) is 73.3 Å². The minimum atomic E-state index is -1.52. The summed E-state index contributed by atoms with van der Waals surface area (Å²) in [6.45, 7) is 6.47. The van der Waals surface area contributed by atoms with Crippen molar-refractivity contribution in [3.05, 3.63) is 101 Å². The molecule has 2 fully saturated rings. The summed E-state index contributed by atoms with van der Waals surface area (Å²) in [5.41, 5.74) is 0.870. The van der Waals surface area contributed by atoms with Crippen molar-refractivity contribution in [3.8, 4) is 5.75 Å². The third kappa shape index (κ3) is 2.96. The number of carbonyl (C=O) groups excluding carboxylic acids is 3. The molecule has 0 aliphatic carbocycles. The van der Waals surface area contributed by atoms with Gasteiger partial charge in [0.1, 0.15) is 23.3 Å². The van der Waals surface area contributed by atoms with E-state index < -0.39 is 16.9 Å². The summed E-state index contributed by atoms with van der Waals surface area (Å²) < 4.78 is 5.73. The third-order valence-electron chi connectivity index (χ3n) is 9.14. The molecular weight excluding hydrogens is 526 g/mol. The fraction of sp³-hybridized carbons (Fsp3) is 0.281. The summed E-state index contributed by atoms with van der Waals surface area (Å²) >= 11 is 6.62. The number of anilines is 2. The fourth-order valence-electron chi connectivity index (χ4n) is 7.89. The van der Waals surface area contributed by atoms with Gasteiger partial charge in [0.05, 0.1) is 5.92 Å². The molecule has 4 heterocycles. The van der Waals surface area contributed by atoms with E-state index in [0.29, 0.717) is 58.4 Å². The largest absolute Gasteiger partial charge is 0.490 e. The number of hydrogen-bond donors (Lipinski definition) is 2. The van der Waals surface area contributed by atoms with Crippen molar-refractivity contribution in [1.82, 2.24) is 4.90 Å². The number of halogens is 1. The summed E-state index contributed by atoms with van der Waals surface area (Å²) in [6, 6.07) is 17.7. The Kier molecular flexibility index (Phi) is 5.50. The summed E-state index contributed by atoms with van der Waals surface area (Å²) in [5.74, 6) is -1.13. The predicted octanol–water partition coefficient (Wildman–Crippen LogP) is 5.23. The van der Waals surface area contributed by atoms with Gasteiger partial charge in [0, 0.05) is 33.6 Å². The number of aryl methyl sites for hydroxylation is 1. The van der Waals surface area contributed by atoms with E-state index in [9.17, 15) is 14.4 Å². The van der Waals surface area contributed by atoms with Gasteiger partial charge in [-0.05, 0) is 67.8 Å². The maximum absolute atomic E-state index is 14.8. The monoisotopic (exact) mass is 553 g/mol. The van der Waals surface area contributed by atoms with Crippen LogP contribution in [0.1, 0.15) is 39.9 Å². The number of fused-ring (bicyclic) bond motifs is 7. The molecule has 2 N–H and O–H groups in total. The average Bonchev–Trinajstić information content (AvgIpc) is 3.66. The van der Waals surface area contributed by atoms with E-state index in [4.69, 9.17) is 16.3 Å². The van der Waals surface area contributed by atoms with E-state index in [1.807, 2.05) is 37.3 Å². The number of benzene rings is 3. The van der Waals surface area contributed by atoms with E-state index >= 15 is 0 Å². The van der Waals surface area contributed by atoms with Crippen molar-refractivity contribution in [2.24, 2.45) is 5.92 Å². The smallest absolute Gasteiger partial charge is 0.251 e. The van der Waals surface area contributed by atoms with Crippen LogP contribution in [0.2, 0.25) is 5.02 Å². The van der Waals surface area contributed by atoms with E-state index in [1.54, 1.807) is 36.4 Å². The van der Waals surface area contributed by atoms with Crippen LogP contribution in [-0.4, -0.2) is 41.7 Å². The van der Waals surface area contributed by atoms with Crippen LogP contribution in [0.25, 0.3) is 0 Å². The zero-order chi connectivity index (χ0) is 27.8. The van der Waals surface area contributed by atoms with Crippen LogP contribution in [-0.2, 0) is 20.5 Å². The molecule has 4 aliphatic heterocycles. The number of ketones is 1. The van der Waals surface area contributed by atoms with Crippen molar-refractivity contribution in [2.45, 2.75) is 36.8 Å². The molecule has 0 bridgehead atoms. The van der Waals surface area contributed by atoms with Gasteiger partial charge in [-0.15, -0.1) is 0 Å². The van der Waals surface area contributed by atoms with E-state index in [2.05, 4.69) is 22.1 Å². The highest BCUT2D eigenvalue weighted by Crippen LogP contribution is 2.68. The third-order valence-corrected chi connectivity index (χ3v) is 9.35. The molecule has 4 atom stereocenters. The minimum Gasteiger partial charge on any atom is -0.490 e. The summed E-state index contributed by atoms with van der Waals surface area (Å²) in [5, 5.41) is 6.65. The molecule has 2 saturated heterocycles. The zero-order valence-electron chi connectivity index (χ0n) is 22.0. The topological polar surface area (TPSA) is 87.7 Å². The Hall–Kier alpha value is -3.94. The molecule has 0 unspecified atom stereocenters. The Bertz CT molecular complexity index is 1640. The Balaban J connectivity index is 1.54. The molecule has 7 nitrogen and oxygen atoms in total. The fourth-order valence-corrected chi connectivity index (χ4v) is 8.16. The minimum absolute atomic E-state index is 0.190. The van der Waals surface area contributed by atoms with Crippen molar-refractivity contribution < 1.29 is 19.1 Å². The lowest BCUT2D eigenvalue weighted by Crippen LogP contribution is -2.62. The number of hydrogen-bond acceptors (Lipinski definition) is 5. The standard InChI is InChI=1S/C32H28ClN3O4/c1-3-14-40-21-9-6-8-19(16-21)28(37)26-25-12-7-13-36(25)32(23-17-20(33)15-18(2)27(23)35-30(32)39)31(26)22-10-4-5-11-24(22)34-29(31)38/h3-6,8-11,15-17,25-26H,1,7,12-14H2,2H3,(H,34,38)(H,35,39)/t25-,26-,31+,32+/m0/s1. The molecule has 8 heteroatoms. The first-order valence-corrected chi connectivity index (χ1v) is 13.9. The maximum atomic E-state index is 14.8. The Morgan fingerprint density at radius 2 is 1.93 bits per heavy atom. The van der Waals surface area contributed by atoms with E-state index in [1.165, 1.54) is 0 Å². The SMILES string of the molecule is C=CCOc1cccc(C(=O)[C@@H]2[C@@H]3CCCN3[C@]3(C(=O)Nc4c(C)cc(Cl)cc43)[C@@]23C(=O)Nc2ccccc23)c1. The molecule has 3 aromatic carbocycles. The molecule has 7 rings (SSSR count). The van der Waals surface area contributed by atoms with Gasteiger partial charge in [-0.25, -0.2) is 0 Å². The summed E-state index contributed by atoms with van der Waals surface area (Å²) in [6.07, 6.45) is 3.13. The number of ether oxygens (including phenoxy) is 1. The maximum Gasteiger partial charge on any atom is 0.251 e. The highest BCUT2D eigenvalue weighted by molar-refractivity contribution is 6.31. The lowest BCUT2D eigenvalue weighted by atomic mass is 9.57. The highest BCUT2D eigenvalue weighted by atomic mass is 35.5. The van der Waals surface area contributed by atoms with Crippen molar-refractivity contribution in [1.29, 1.82) is 0 Å². The van der Waals surface area contributed by atoms with Crippen LogP contribution >= 0.6 is 11.6 Å². The molecule has 0 saturated carbocycles. The van der Waals surface area contributed by atoms with Gasteiger partial charge >= 0.3 is 0 Å². The van der Waals surface area contributed by atoms with Crippen LogP contribution in [0.4, 0.5) is 11.4 Å². The van der Waals surface area contributed by atoms with Gasteiger partial charge in [-0.1, -0.05) is 54.6 Å². The number of para-hydroxylation sites is 1. The second-order valence-corrected chi connectivity index (χ2v) is 11.4. The van der Waals surface area contributed by atoms with Crippen LogP contribution in [0.3, 0.4) is 0 Å². The Labute approximate surface area is 237 Å². The van der Waals surface area contributed by atoms with Gasteiger partial charge in [0.15, 0.2) is 5.78 Å². The van der Waals surface area contributed by atoms with Gasteiger partial charge in [0.2, 0.25) is 5.91 Å². The summed E-state index contributed by atoms with van der Waals surface area (Å²) in [4.78, 5) is 46.0. The molecule has 0 radical (unpaired) electrons. The lowest BCUT2D eigenvalue weighted by molar-refractivity contribution is -0.137. The molecule has 4 aliphatic rings.